The summed E-state index contributed by atoms with van der Waals surface area (Å²) in [6.07, 6.45) is 7.49. The summed E-state index contributed by atoms with van der Waals surface area (Å²) in [5.41, 5.74) is -0.132. The highest BCUT2D eigenvalue weighted by atomic mass is 32.1. The molecular weight excluding hydrogens is 675 g/mol. The van der Waals surface area contributed by atoms with Crippen molar-refractivity contribution < 1.29 is 26.3 Å². The highest BCUT2D eigenvalue weighted by Crippen LogP contribution is 2.66. The lowest BCUT2D eigenvalue weighted by Gasteiger charge is -2.26. The number of benzene rings is 2. The maximum Gasteiger partial charge on any atom is 0.380 e. The molecule has 0 unspecified atom stereocenters. The molecule has 0 N–H and O–H groups in total. The molecular formula is C39H28F6N2S2. The van der Waals surface area contributed by atoms with Crippen LogP contribution >= 0.6 is 22.7 Å². The molecule has 0 spiro atoms. The Hall–Kier alpha value is -4.54. The average molecular weight is 703 g/mol. The van der Waals surface area contributed by atoms with Crippen molar-refractivity contribution in [2.75, 3.05) is 0 Å². The first-order valence-electron chi connectivity index (χ1n) is 15.6. The van der Waals surface area contributed by atoms with E-state index in [9.17, 15) is 0 Å². The molecule has 0 fully saturated rings. The summed E-state index contributed by atoms with van der Waals surface area (Å²) in [7, 11) is 0. The van der Waals surface area contributed by atoms with Crippen LogP contribution in [0.1, 0.15) is 32.0 Å². The van der Waals surface area contributed by atoms with Gasteiger partial charge in [-0.3, -0.25) is 9.97 Å². The van der Waals surface area contributed by atoms with E-state index in [2.05, 4.69) is 9.97 Å². The molecule has 4 heterocycles. The summed E-state index contributed by atoms with van der Waals surface area (Å²) in [4.78, 5) is 9.73. The van der Waals surface area contributed by atoms with Gasteiger partial charge < -0.3 is 0 Å². The second-order valence-electron chi connectivity index (χ2n) is 11.8. The normalized spacial score (nSPS) is 16.3. The lowest BCUT2D eigenvalue weighted by molar-refractivity contribution is -0.254. The van der Waals surface area contributed by atoms with Crippen LogP contribution in [0.4, 0.5) is 26.3 Å². The number of nitrogens with zero attached hydrogens (tertiary/aromatic N) is 2. The lowest BCUT2D eigenvalue weighted by Crippen LogP contribution is -2.49. The predicted molar refractivity (Wildman–Crippen MR) is 184 cm³/mol. The van der Waals surface area contributed by atoms with Crippen molar-refractivity contribution in [3.05, 3.63) is 154 Å². The van der Waals surface area contributed by atoms with Gasteiger partial charge in [0.25, 0.3) is 0 Å². The molecule has 0 atom stereocenters. The van der Waals surface area contributed by atoms with Crippen LogP contribution in [0, 0.1) is 0 Å². The van der Waals surface area contributed by atoms with Gasteiger partial charge in [0, 0.05) is 55.4 Å². The molecule has 1 aliphatic carbocycles. The Morgan fingerprint density at radius 3 is 1.20 bits per heavy atom. The monoisotopic (exact) mass is 702 g/mol. The van der Waals surface area contributed by atoms with Gasteiger partial charge in [0.2, 0.25) is 0 Å². The summed E-state index contributed by atoms with van der Waals surface area (Å²) in [5, 5.41) is 0. The van der Waals surface area contributed by atoms with Gasteiger partial charge in [-0.25, -0.2) is 0 Å². The standard InChI is InChI=1S/C39H28F6N2S2/c40-37(41)35(29-23-33(27-7-3-1-4-8-27)48-31(29)13-11-25-15-19-46-20-16-25)36(38(42,43)39(37,44)45)30-24-34(28-9-5-2-6-10-28)49-32(30)14-12-26-17-21-47-22-18-26/h1-10,15-24H,11-14H2. The summed E-state index contributed by atoms with van der Waals surface area (Å²) in [6.45, 7) is 0. The molecule has 6 aromatic rings. The van der Waals surface area contributed by atoms with Crippen molar-refractivity contribution in [1.82, 2.24) is 9.97 Å². The van der Waals surface area contributed by atoms with Gasteiger partial charge in [-0.1, -0.05) is 60.7 Å². The van der Waals surface area contributed by atoms with E-state index in [4.69, 9.17) is 0 Å². The molecule has 1 aliphatic rings. The Morgan fingerprint density at radius 2 is 0.837 bits per heavy atom. The third-order valence-electron chi connectivity index (χ3n) is 8.72. The minimum atomic E-state index is -5.67. The zero-order valence-corrected chi connectivity index (χ0v) is 27.5. The van der Waals surface area contributed by atoms with Gasteiger partial charge in [-0.05, 0) is 95.5 Å². The maximum absolute atomic E-state index is 16.3. The number of pyridine rings is 2. The molecule has 248 valence electrons. The summed E-state index contributed by atoms with van der Waals surface area (Å²) < 4.78 is 96.4. The molecule has 0 radical (unpaired) electrons. The minimum Gasteiger partial charge on any atom is -0.265 e. The number of alkyl halides is 6. The van der Waals surface area contributed by atoms with E-state index in [-0.39, 0.29) is 24.0 Å². The van der Waals surface area contributed by atoms with Crippen molar-refractivity contribution in [2.24, 2.45) is 0 Å². The van der Waals surface area contributed by atoms with Gasteiger partial charge in [-0.2, -0.15) is 26.3 Å². The van der Waals surface area contributed by atoms with Gasteiger partial charge >= 0.3 is 17.8 Å². The molecule has 0 aliphatic heterocycles. The van der Waals surface area contributed by atoms with Gasteiger partial charge in [-0.15, -0.1) is 22.7 Å². The van der Waals surface area contributed by atoms with Crippen LogP contribution in [0.3, 0.4) is 0 Å². The van der Waals surface area contributed by atoms with E-state index < -0.39 is 28.9 Å². The van der Waals surface area contributed by atoms with Crippen LogP contribution in [0.25, 0.3) is 32.0 Å². The molecule has 0 saturated carbocycles. The molecule has 2 aromatic carbocycles. The number of aromatic nitrogens is 2. The third kappa shape index (κ3) is 6.01. The van der Waals surface area contributed by atoms with Crippen molar-refractivity contribution in [3.63, 3.8) is 0 Å². The van der Waals surface area contributed by atoms with Gasteiger partial charge in [0.1, 0.15) is 0 Å². The Morgan fingerprint density at radius 1 is 0.469 bits per heavy atom. The first kappa shape index (κ1) is 33.0. The summed E-state index contributed by atoms with van der Waals surface area (Å²) in [6, 6.07) is 27.6. The predicted octanol–water partition coefficient (Wildman–Crippen LogP) is 11.3. The zero-order chi connectivity index (χ0) is 34.2. The van der Waals surface area contributed by atoms with E-state index >= 15 is 26.3 Å². The van der Waals surface area contributed by atoms with Crippen LogP contribution in [0.5, 0.6) is 0 Å². The van der Waals surface area contributed by atoms with Crippen LogP contribution in [-0.2, 0) is 25.7 Å². The zero-order valence-electron chi connectivity index (χ0n) is 25.9. The first-order valence-corrected chi connectivity index (χ1v) is 17.2. The Labute approximate surface area is 287 Å². The molecule has 0 bridgehead atoms. The number of hydrogen-bond acceptors (Lipinski definition) is 4. The molecule has 7 rings (SSSR count). The smallest absolute Gasteiger partial charge is 0.265 e. The van der Waals surface area contributed by atoms with Crippen molar-refractivity contribution in [1.29, 1.82) is 0 Å². The van der Waals surface area contributed by atoms with Crippen molar-refractivity contribution in [3.8, 4) is 20.9 Å². The second kappa shape index (κ2) is 13.1. The van der Waals surface area contributed by atoms with Crippen LogP contribution in [-0.4, -0.2) is 27.7 Å². The average Bonchev–Trinajstić information content (AvgIpc) is 3.76. The maximum atomic E-state index is 16.3. The number of thiophene rings is 2. The quantitative estimate of drug-likeness (QED) is 0.133. The van der Waals surface area contributed by atoms with E-state index in [1.807, 2.05) is 0 Å². The summed E-state index contributed by atoms with van der Waals surface area (Å²) >= 11 is 2.31. The van der Waals surface area contributed by atoms with Crippen LogP contribution in [0.2, 0.25) is 0 Å². The SMILES string of the molecule is FC1(F)C(c2cc(-c3ccccc3)sc2CCc2ccncc2)=C(c2cc(-c3ccccc3)sc2CCc2ccncc2)C(F)(F)C1(F)F. The number of halogens is 6. The van der Waals surface area contributed by atoms with Crippen LogP contribution in [0.15, 0.2) is 122 Å². The minimum absolute atomic E-state index is 0.175. The Kier molecular flexibility index (Phi) is 8.79. The Bertz CT molecular complexity index is 1940. The fourth-order valence-electron chi connectivity index (χ4n) is 6.19. The highest BCUT2D eigenvalue weighted by Gasteiger charge is 2.80. The van der Waals surface area contributed by atoms with E-state index in [1.54, 1.807) is 110 Å². The van der Waals surface area contributed by atoms with Crippen molar-refractivity contribution >= 4 is 33.8 Å². The largest absolute Gasteiger partial charge is 0.380 e. The van der Waals surface area contributed by atoms with Crippen LogP contribution < -0.4 is 0 Å². The fraction of sp³-hybridized carbons (Fsp3) is 0.179. The molecule has 0 saturated heterocycles. The second-order valence-corrected chi connectivity index (χ2v) is 14.1. The highest BCUT2D eigenvalue weighted by molar-refractivity contribution is 7.16. The number of hydrogen-bond donors (Lipinski definition) is 0. The number of aryl methyl sites for hydroxylation is 4. The number of allylic oxidation sites excluding steroid dienone is 2. The topological polar surface area (TPSA) is 25.8 Å². The summed E-state index contributed by atoms with van der Waals surface area (Å²) in [5.74, 6) is -16.0. The molecule has 4 aromatic heterocycles. The Balaban J connectivity index is 1.46. The fourth-order valence-corrected chi connectivity index (χ4v) is 8.53. The number of rotatable bonds is 10. The first-order chi connectivity index (χ1) is 23.6. The molecule has 2 nitrogen and oxygen atoms in total. The van der Waals surface area contributed by atoms with Crippen molar-refractivity contribution in [2.45, 2.75) is 43.5 Å². The molecule has 49 heavy (non-hydrogen) atoms. The van der Waals surface area contributed by atoms with Gasteiger partial charge in [0.15, 0.2) is 0 Å². The molecule has 0 amide bonds. The van der Waals surface area contributed by atoms with E-state index in [0.29, 0.717) is 43.5 Å². The third-order valence-corrected chi connectivity index (χ3v) is 11.2. The van der Waals surface area contributed by atoms with E-state index in [1.165, 1.54) is 12.1 Å². The molecule has 10 heteroatoms. The lowest BCUT2D eigenvalue weighted by atomic mass is 9.92. The van der Waals surface area contributed by atoms with Gasteiger partial charge in [0.05, 0.1) is 0 Å². The van der Waals surface area contributed by atoms with E-state index in [0.717, 1.165) is 33.8 Å².